The first-order valence-corrected chi connectivity index (χ1v) is 10.1. The maximum atomic E-state index is 13.0. The molecule has 2 aromatic rings. The van der Waals surface area contributed by atoms with Gasteiger partial charge < -0.3 is 19.5 Å². The lowest BCUT2D eigenvalue weighted by atomic mass is 9.94. The fourth-order valence-corrected chi connectivity index (χ4v) is 4.08. The first kappa shape index (κ1) is 20.2. The number of carbonyl (C=O) groups is 2. The number of ether oxygens (including phenoxy) is 2. The maximum absolute atomic E-state index is 13.0. The fraction of sp³-hybridized carbons (Fsp3) is 0.333. The zero-order chi connectivity index (χ0) is 21.3. The highest BCUT2D eigenvalue weighted by Gasteiger charge is 2.47. The summed E-state index contributed by atoms with van der Waals surface area (Å²) < 4.78 is 10.9. The standard InChI is InChI=1S/C24H25NO5/c1-15-5-7-16(8-6-15)21-20(22(26)17-9-11-18(29-2)12-10-17)23(27)24(28)25(21)14-19-4-3-13-30-19/h5-12,19,21,26H,3-4,13-14H2,1-2H3/t19-,21-/m1/s1. The first-order chi connectivity index (χ1) is 14.5. The number of aryl methyl sites for hydroxylation is 1. The molecular formula is C24H25NO5. The van der Waals surface area contributed by atoms with Crippen molar-refractivity contribution in [2.24, 2.45) is 0 Å². The van der Waals surface area contributed by atoms with E-state index >= 15 is 0 Å². The summed E-state index contributed by atoms with van der Waals surface area (Å²) in [4.78, 5) is 27.5. The van der Waals surface area contributed by atoms with Gasteiger partial charge in [0.05, 0.1) is 24.8 Å². The van der Waals surface area contributed by atoms with Gasteiger partial charge in [-0.3, -0.25) is 9.59 Å². The van der Waals surface area contributed by atoms with E-state index < -0.39 is 17.7 Å². The van der Waals surface area contributed by atoms with E-state index in [4.69, 9.17) is 9.47 Å². The Labute approximate surface area is 175 Å². The van der Waals surface area contributed by atoms with E-state index in [1.165, 1.54) is 4.90 Å². The average Bonchev–Trinajstić information content (AvgIpc) is 3.36. The van der Waals surface area contributed by atoms with Crippen LogP contribution in [0.3, 0.4) is 0 Å². The number of nitrogens with zero attached hydrogens (tertiary/aromatic N) is 1. The van der Waals surface area contributed by atoms with Crippen LogP contribution in [-0.4, -0.2) is 48.1 Å². The van der Waals surface area contributed by atoms with Crippen LogP contribution in [0.2, 0.25) is 0 Å². The van der Waals surface area contributed by atoms with Gasteiger partial charge in [-0.15, -0.1) is 0 Å². The van der Waals surface area contributed by atoms with Gasteiger partial charge in [0.25, 0.3) is 11.7 Å². The number of aliphatic hydroxyl groups is 1. The van der Waals surface area contributed by atoms with Gasteiger partial charge in [-0.2, -0.15) is 0 Å². The van der Waals surface area contributed by atoms with Crippen molar-refractivity contribution in [3.63, 3.8) is 0 Å². The van der Waals surface area contributed by atoms with Gasteiger partial charge >= 0.3 is 0 Å². The van der Waals surface area contributed by atoms with E-state index in [1.807, 2.05) is 31.2 Å². The molecule has 6 nitrogen and oxygen atoms in total. The Kier molecular flexibility index (Phi) is 5.59. The van der Waals surface area contributed by atoms with Gasteiger partial charge in [0, 0.05) is 18.7 Å². The summed E-state index contributed by atoms with van der Waals surface area (Å²) in [6, 6.07) is 13.8. The minimum Gasteiger partial charge on any atom is -0.507 e. The number of amides is 1. The summed E-state index contributed by atoms with van der Waals surface area (Å²) in [7, 11) is 1.56. The highest BCUT2D eigenvalue weighted by molar-refractivity contribution is 6.46. The molecule has 2 heterocycles. The average molecular weight is 407 g/mol. The third-order valence-corrected chi connectivity index (χ3v) is 5.72. The molecule has 2 aliphatic rings. The summed E-state index contributed by atoms with van der Waals surface area (Å²) in [6.07, 6.45) is 1.69. The van der Waals surface area contributed by atoms with Crippen LogP contribution in [0.15, 0.2) is 54.1 Å². The largest absolute Gasteiger partial charge is 0.507 e. The number of carbonyl (C=O) groups excluding carboxylic acids is 2. The summed E-state index contributed by atoms with van der Waals surface area (Å²) in [5, 5.41) is 11.0. The predicted molar refractivity (Wildman–Crippen MR) is 112 cm³/mol. The molecule has 0 unspecified atom stereocenters. The van der Waals surface area contributed by atoms with E-state index in [2.05, 4.69) is 0 Å². The Morgan fingerprint density at radius 3 is 2.43 bits per heavy atom. The summed E-state index contributed by atoms with van der Waals surface area (Å²) in [5.74, 6) is -0.824. The molecular weight excluding hydrogens is 382 g/mol. The Hall–Kier alpha value is -3.12. The third-order valence-electron chi connectivity index (χ3n) is 5.72. The molecule has 6 heteroatoms. The Balaban J connectivity index is 1.80. The van der Waals surface area contributed by atoms with Gasteiger partial charge in [0.15, 0.2) is 0 Å². The van der Waals surface area contributed by atoms with Crippen LogP contribution in [-0.2, 0) is 14.3 Å². The molecule has 0 spiro atoms. The van der Waals surface area contributed by atoms with E-state index in [0.717, 1.165) is 24.0 Å². The summed E-state index contributed by atoms with van der Waals surface area (Å²) >= 11 is 0. The fourth-order valence-electron chi connectivity index (χ4n) is 4.08. The third kappa shape index (κ3) is 3.71. The second-order valence-electron chi connectivity index (χ2n) is 7.73. The smallest absolute Gasteiger partial charge is 0.295 e. The lowest BCUT2D eigenvalue weighted by molar-refractivity contribution is -0.140. The van der Waals surface area contributed by atoms with Crippen molar-refractivity contribution in [2.75, 3.05) is 20.3 Å². The number of benzene rings is 2. The SMILES string of the molecule is COc1ccc(C(O)=C2C(=O)C(=O)N(C[C@H]3CCCO3)[C@@H]2c2ccc(C)cc2)cc1. The van der Waals surface area contributed by atoms with Crippen molar-refractivity contribution < 1.29 is 24.2 Å². The minimum atomic E-state index is -0.674. The van der Waals surface area contributed by atoms with Crippen LogP contribution in [0.5, 0.6) is 5.75 Å². The summed E-state index contributed by atoms with van der Waals surface area (Å²) in [5.41, 5.74) is 2.42. The molecule has 2 aromatic carbocycles. The molecule has 2 saturated heterocycles. The van der Waals surface area contributed by atoms with Crippen molar-refractivity contribution in [2.45, 2.75) is 31.9 Å². The first-order valence-electron chi connectivity index (χ1n) is 10.1. The molecule has 30 heavy (non-hydrogen) atoms. The van der Waals surface area contributed by atoms with E-state index in [9.17, 15) is 14.7 Å². The van der Waals surface area contributed by atoms with E-state index in [-0.39, 0.29) is 17.4 Å². The summed E-state index contributed by atoms with van der Waals surface area (Å²) in [6.45, 7) is 2.96. The zero-order valence-corrected chi connectivity index (χ0v) is 17.1. The molecule has 156 valence electrons. The maximum Gasteiger partial charge on any atom is 0.295 e. The second-order valence-corrected chi connectivity index (χ2v) is 7.73. The van der Waals surface area contributed by atoms with Crippen molar-refractivity contribution in [3.05, 3.63) is 70.8 Å². The van der Waals surface area contributed by atoms with Crippen molar-refractivity contribution in [3.8, 4) is 5.75 Å². The molecule has 1 amide bonds. The number of hydrogen-bond donors (Lipinski definition) is 1. The molecule has 2 aliphatic heterocycles. The van der Waals surface area contributed by atoms with Gasteiger partial charge in [-0.1, -0.05) is 29.8 Å². The highest BCUT2D eigenvalue weighted by Crippen LogP contribution is 2.40. The van der Waals surface area contributed by atoms with Crippen LogP contribution < -0.4 is 4.74 Å². The molecule has 1 N–H and O–H groups in total. The normalized spacial score (nSPS) is 23.2. The zero-order valence-electron chi connectivity index (χ0n) is 17.1. The Bertz CT molecular complexity index is 972. The quantitative estimate of drug-likeness (QED) is 0.466. The van der Waals surface area contributed by atoms with Crippen molar-refractivity contribution >= 4 is 17.4 Å². The topological polar surface area (TPSA) is 76.1 Å². The molecule has 2 fully saturated rings. The van der Waals surface area contributed by atoms with E-state index in [0.29, 0.717) is 24.5 Å². The number of Topliss-reactive ketones (excluding diaryl/α,β-unsaturated/α-hetero) is 1. The Morgan fingerprint density at radius 2 is 1.83 bits per heavy atom. The van der Waals surface area contributed by atoms with Gasteiger partial charge in [-0.25, -0.2) is 0 Å². The number of methoxy groups -OCH3 is 1. The number of rotatable bonds is 5. The number of aliphatic hydroxyl groups excluding tert-OH is 1. The number of likely N-dealkylation sites (tertiary alicyclic amines) is 1. The Morgan fingerprint density at radius 1 is 1.13 bits per heavy atom. The highest BCUT2D eigenvalue weighted by atomic mass is 16.5. The van der Waals surface area contributed by atoms with Gasteiger partial charge in [0.1, 0.15) is 11.5 Å². The van der Waals surface area contributed by atoms with Crippen LogP contribution in [0, 0.1) is 6.92 Å². The lowest BCUT2D eigenvalue weighted by Gasteiger charge is -2.27. The van der Waals surface area contributed by atoms with Crippen LogP contribution in [0.1, 0.15) is 35.6 Å². The van der Waals surface area contributed by atoms with Crippen molar-refractivity contribution in [1.82, 2.24) is 4.90 Å². The monoisotopic (exact) mass is 407 g/mol. The molecule has 0 aliphatic carbocycles. The van der Waals surface area contributed by atoms with Gasteiger partial charge in [0.2, 0.25) is 0 Å². The minimum absolute atomic E-state index is 0.0998. The number of hydrogen-bond acceptors (Lipinski definition) is 5. The second kappa shape index (κ2) is 8.32. The van der Waals surface area contributed by atoms with Crippen LogP contribution in [0.4, 0.5) is 0 Å². The van der Waals surface area contributed by atoms with Crippen LogP contribution in [0.25, 0.3) is 5.76 Å². The van der Waals surface area contributed by atoms with Crippen LogP contribution >= 0.6 is 0 Å². The molecule has 2 atom stereocenters. The molecule has 0 radical (unpaired) electrons. The lowest BCUT2D eigenvalue weighted by Crippen LogP contribution is -2.36. The molecule has 0 aromatic heterocycles. The number of ketones is 1. The van der Waals surface area contributed by atoms with Gasteiger partial charge in [-0.05, 0) is 49.6 Å². The van der Waals surface area contributed by atoms with Crippen molar-refractivity contribution in [1.29, 1.82) is 0 Å². The van der Waals surface area contributed by atoms with E-state index in [1.54, 1.807) is 31.4 Å². The molecule has 4 rings (SSSR count). The molecule has 0 saturated carbocycles. The molecule has 0 bridgehead atoms. The predicted octanol–water partition coefficient (Wildman–Crippen LogP) is 3.60.